The lowest BCUT2D eigenvalue weighted by Gasteiger charge is -2.18. The van der Waals surface area contributed by atoms with Crippen LogP contribution in [0.25, 0.3) is 0 Å². The summed E-state index contributed by atoms with van der Waals surface area (Å²) < 4.78 is 13.1. The molecule has 2 N–H and O–H groups in total. The molecule has 4 heteroatoms. The molecule has 1 aromatic carbocycles. The number of fused-ring (bicyclic) bond motifs is 1. The molecule has 0 radical (unpaired) electrons. The molecule has 1 aromatic rings. The maximum atomic E-state index is 13.1. The van der Waals surface area contributed by atoms with Crippen LogP contribution in [0.15, 0.2) is 18.2 Å². The minimum atomic E-state index is -0.361. The van der Waals surface area contributed by atoms with Crippen molar-refractivity contribution >= 4 is 11.6 Å². The Labute approximate surface area is 120 Å². The Kier molecular flexibility index (Phi) is 4.76. The lowest BCUT2D eigenvalue weighted by Crippen LogP contribution is -2.34. The van der Waals surface area contributed by atoms with Crippen LogP contribution >= 0.6 is 0 Å². The van der Waals surface area contributed by atoms with E-state index in [4.69, 9.17) is 0 Å². The largest absolute Gasteiger partial charge is 0.324 e. The molecule has 0 bridgehead atoms. The number of hydrogen-bond acceptors (Lipinski definition) is 2. The number of benzene rings is 1. The van der Waals surface area contributed by atoms with Gasteiger partial charge in [0, 0.05) is 17.3 Å². The molecule has 110 valence electrons. The van der Waals surface area contributed by atoms with Crippen LogP contribution in [0.2, 0.25) is 0 Å². The molecule has 2 unspecified atom stereocenters. The van der Waals surface area contributed by atoms with Crippen LogP contribution < -0.4 is 10.6 Å². The molecule has 0 saturated heterocycles. The van der Waals surface area contributed by atoms with E-state index in [1.165, 1.54) is 18.6 Å². The van der Waals surface area contributed by atoms with Crippen molar-refractivity contribution in [2.24, 2.45) is 5.92 Å². The van der Waals surface area contributed by atoms with Crippen molar-refractivity contribution in [2.45, 2.75) is 52.1 Å². The number of halogens is 1. The average molecular weight is 278 g/mol. The van der Waals surface area contributed by atoms with Gasteiger partial charge < -0.3 is 5.32 Å². The Hall–Kier alpha value is -1.42. The minimum absolute atomic E-state index is 0.0960. The van der Waals surface area contributed by atoms with Crippen molar-refractivity contribution in [3.63, 3.8) is 0 Å². The third-order valence-corrected chi connectivity index (χ3v) is 3.72. The quantitative estimate of drug-likeness (QED) is 0.834. The minimum Gasteiger partial charge on any atom is -0.324 e. The maximum Gasteiger partial charge on any atom is 0.246 e. The van der Waals surface area contributed by atoms with Crippen LogP contribution in [0.1, 0.15) is 51.6 Å². The first-order valence-corrected chi connectivity index (χ1v) is 7.33. The number of nitrogens with one attached hydrogen (secondary N) is 2. The molecule has 1 aliphatic rings. The molecular weight excluding hydrogens is 255 g/mol. The standard InChI is InChI=1S/C16H23FN2O/c1-10(2)5-4-6-11(3)18-15-13-8-7-12(17)9-14(13)19-16(15)20/h7-11,15,18H,4-6H2,1-3H3,(H,19,20). The predicted molar refractivity (Wildman–Crippen MR) is 79.1 cm³/mol. The first-order chi connectivity index (χ1) is 9.47. The van der Waals surface area contributed by atoms with Crippen molar-refractivity contribution in [2.75, 3.05) is 5.32 Å². The molecule has 3 nitrogen and oxygen atoms in total. The Morgan fingerprint density at radius 2 is 2.05 bits per heavy atom. The Morgan fingerprint density at radius 1 is 1.30 bits per heavy atom. The fraction of sp³-hybridized carbons (Fsp3) is 0.562. The number of anilines is 1. The molecule has 0 aliphatic carbocycles. The van der Waals surface area contributed by atoms with E-state index in [1.807, 2.05) is 0 Å². The van der Waals surface area contributed by atoms with Gasteiger partial charge in [-0.1, -0.05) is 32.8 Å². The van der Waals surface area contributed by atoms with E-state index in [-0.39, 0.29) is 23.8 Å². The second-order valence-electron chi connectivity index (χ2n) is 6.05. The highest BCUT2D eigenvalue weighted by atomic mass is 19.1. The van der Waals surface area contributed by atoms with Crippen LogP contribution in [0, 0.1) is 11.7 Å². The second kappa shape index (κ2) is 6.35. The molecule has 0 saturated carbocycles. The predicted octanol–water partition coefficient (Wildman–Crippen LogP) is 3.62. The zero-order chi connectivity index (χ0) is 14.7. The highest BCUT2D eigenvalue weighted by Gasteiger charge is 2.31. The van der Waals surface area contributed by atoms with Gasteiger partial charge in [0.25, 0.3) is 0 Å². The fourth-order valence-electron chi connectivity index (χ4n) is 2.60. The third kappa shape index (κ3) is 3.57. The van der Waals surface area contributed by atoms with Gasteiger partial charge in [-0.05, 0) is 31.4 Å². The zero-order valence-corrected chi connectivity index (χ0v) is 12.4. The summed E-state index contributed by atoms with van der Waals surface area (Å²) in [4.78, 5) is 12.0. The van der Waals surface area contributed by atoms with E-state index in [2.05, 4.69) is 31.4 Å². The van der Waals surface area contributed by atoms with Gasteiger partial charge in [0.05, 0.1) is 0 Å². The van der Waals surface area contributed by atoms with Crippen molar-refractivity contribution in [1.82, 2.24) is 5.32 Å². The normalized spacial score (nSPS) is 19.1. The van der Waals surface area contributed by atoms with Crippen LogP contribution in [0.3, 0.4) is 0 Å². The van der Waals surface area contributed by atoms with Crippen molar-refractivity contribution in [3.05, 3.63) is 29.6 Å². The van der Waals surface area contributed by atoms with E-state index >= 15 is 0 Å². The lowest BCUT2D eigenvalue weighted by molar-refractivity contribution is -0.117. The van der Waals surface area contributed by atoms with Gasteiger partial charge in [0.1, 0.15) is 11.9 Å². The van der Waals surface area contributed by atoms with Gasteiger partial charge in [0.15, 0.2) is 0 Å². The van der Waals surface area contributed by atoms with Crippen LogP contribution in [0.5, 0.6) is 0 Å². The Balaban J connectivity index is 1.95. The molecule has 1 heterocycles. The molecule has 20 heavy (non-hydrogen) atoms. The molecule has 2 rings (SSSR count). The monoisotopic (exact) mass is 278 g/mol. The number of carbonyl (C=O) groups excluding carboxylic acids is 1. The van der Waals surface area contributed by atoms with Crippen molar-refractivity contribution in [3.8, 4) is 0 Å². The maximum absolute atomic E-state index is 13.1. The highest BCUT2D eigenvalue weighted by molar-refractivity contribution is 6.02. The van der Waals surface area contributed by atoms with Crippen LogP contribution in [0.4, 0.5) is 10.1 Å². The van der Waals surface area contributed by atoms with Crippen molar-refractivity contribution in [1.29, 1.82) is 0 Å². The lowest BCUT2D eigenvalue weighted by atomic mass is 10.0. The van der Waals surface area contributed by atoms with Gasteiger partial charge in [-0.2, -0.15) is 0 Å². The molecule has 0 fully saturated rings. The molecular formula is C16H23FN2O. The first-order valence-electron chi connectivity index (χ1n) is 7.33. The van der Waals surface area contributed by atoms with Crippen LogP contribution in [-0.4, -0.2) is 11.9 Å². The van der Waals surface area contributed by atoms with Gasteiger partial charge in [-0.3, -0.25) is 10.1 Å². The summed E-state index contributed by atoms with van der Waals surface area (Å²) in [5, 5.41) is 6.07. The van der Waals surface area contributed by atoms with Crippen LogP contribution in [-0.2, 0) is 4.79 Å². The van der Waals surface area contributed by atoms with E-state index in [0.29, 0.717) is 11.6 Å². The Bertz CT molecular complexity index is 487. The molecule has 0 aromatic heterocycles. The topological polar surface area (TPSA) is 41.1 Å². The number of rotatable bonds is 6. The van der Waals surface area contributed by atoms with E-state index in [9.17, 15) is 9.18 Å². The number of hydrogen-bond donors (Lipinski definition) is 2. The smallest absolute Gasteiger partial charge is 0.246 e. The zero-order valence-electron chi connectivity index (χ0n) is 12.4. The fourth-order valence-corrected chi connectivity index (χ4v) is 2.60. The van der Waals surface area contributed by atoms with Gasteiger partial charge in [-0.15, -0.1) is 0 Å². The number of amides is 1. The van der Waals surface area contributed by atoms with Gasteiger partial charge >= 0.3 is 0 Å². The SMILES string of the molecule is CC(C)CCCC(C)NC1C(=O)Nc2cc(F)ccc21. The van der Waals surface area contributed by atoms with Crippen molar-refractivity contribution < 1.29 is 9.18 Å². The molecule has 1 amide bonds. The summed E-state index contributed by atoms with van der Waals surface area (Å²) in [6, 6.07) is 4.36. The summed E-state index contributed by atoms with van der Waals surface area (Å²) in [5.41, 5.74) is 1.42. The summed E-state index contributed by atoms with van der Waals surface area (Å²) in [6.07, 6.45) is 3.39. The van der Waals surface area contributed by atoms with Gasteiger partial charge in [-0.25, -0.2) is 4.39 Å². The molecule has 1 aliphatic heterocycles. The highest BCUT2D eigenvalue weighted by Crippen LogP contribution is 2.31. The summed E-state index contributed by atoms with van der Waals surface area (Å²) in [5.74, 6) is 0.289. The molecule has 2 atom stereocenters. The van der Waals surface area contributed by atoms with E-state index in [0.717, 1.165) is 18.4 Å². The number of carbonyl (C=O) groups is 1. The summed E-state index contributed by atoms with van der Waals surface area (Å²) in [6.45, 7) is 6.52. The summed E-state index contributed by atoms with van der Waals surface area (Å²) >= 11 is 0. The molecule has 0 spiro atoms. The first kappa shape index (κ1) is 15.0. The van der Waals surface area contributed by atoms with E-state index in [1.54, 1.807) is 6.07 Å². The summed E-state index contributed by atoms with van der Waals surface area (Å²) in [7, 11) is 0. The van der Waals surface area contributed by atoms with Gasteiger partial charge in [0.2, 0.25) is 5.91 Å². The third-order valence-electron chi connectivity index (χ3n) is 3.72. The Morgan fingerprint density at radius 3 is 2.75 bits per heavy atom. The average Bonchev–Trinajstić information content (AvgIpc) is 2.64. The second-order valence-corrected chi connectivity index (χ2v) is 6.05. The van der Waals surface area contributed by atoms with E-state index < -0.39 is 0 Å².